The van der Waals surface area contributed by atoms with Crippen LogP contribution in [0.15, 0.2) is 53.0 Å². The number of nitrogens with one attached hydrogen (secondary N) is 1. The summed E-state index contributed by atoms with van der Waals surface area (Å²) >= 11 is 3.43. The van der Waals surface area contributed by atoms with Crippen LogP contribution in [0.1, 0.15) is 24.0 Å². The van der Waals surface area contributed by atoms with Gasteiger partial charge in [-0.05, 0) is 48.6 Å². The first-order valence-corrected chi connectivity index (χ1v) is 7.77. The SMILES string of the molecule is O=C(O)C1(Nc2cccc(Br)c2)CCCc2ccccc21. The standard InChI is InChI=1S/C17H16BrNO2/c18-13-7-3-8-14(11-13)19-17(16(20)21)10-4-6-12-5-1-2-9-15(12)17/h1-3,5,7-9,11,19H,4,6,10H2,(H,20,21). The second kappa shape index (κ2) is 5.53. The summed E-state index contributed by atoms with van der Waals surface area (Å²) in [6.07, 6.45) is 2.39. The van der Waals surface area contributed by atoms with Gasteiger partial charge in [0.2, 0.25) is 0 Å². The number of rotatable bonds is 3. The molecule has 0 saturated carbocycles. The summed E-state index contributed by atoms with van der Waals surface area (Å²) in [4.78, 5) is 12.1. The molecule has 0 aliphatic heterocycles. The van der Waals surface area contributed by atoms with Gasteiger partial charge in [-0.25, -0.2) is 4.79 Å². The number of halogens is 1. The summed E-state index contributed by atoms with van der Waals surface area (Å²) in [5, 5.41) is 13.2. The maximum Gasteiger partial charge on any atom is 0.334 e. The highest BCUT2D eigenvalue weighted by molar-refractivity contribution is 9.10. The minimum absolute atomic E-state index is 0.589. The zero-order chi connectivity index (χ0) is 14.9. The van der Waals surface area contributed by atoms with E-state index in [0.717, 1.165) is 34.1 Å². The van der Waals surface area contributed by atoms with Crippen molar-refractivity contribution < 1.29 is 9.90 Å². The predicted octanol–water partition coefficient (Wildman–Crippen LogP) is 4.18. The molecule has 2 aromatic carbocycles. The number of carboxylic acid groups (broad SMARTS) is 1. The van der Waals surface area contributed by atoms with Crippen LogP contribution in [0.25, 0.3) is 0 Å². The molecular formula is C17H16BrNO2. The molecule has 0 spiro atoms. The molecule has 4 heteroatoms. The molecule has 2 aromatic rings. The van der Waals surface area contributed by atoms with Crippen molar-refractivity contribution in [3.63, 3.8) is 0 Å². The number of carbonyl (C=O) groups is 1. The largest absolute Gasteiger partial charge is 0.479 e. The van der Waals surface area contributed by atoms with Gasteiger partial charge in [0.25, 0.3) is 0 Å². The Labute approximate surface area is 132 Å². The minimum Gasteiger partial charge on any atom is -0.479 e. The van der Waals surface area contributed by atoms with Gasteiger partial charge in [0.05, 0.1) is 0 Å². The molecule has 1 atom stereocenters. The molecule has 0 saturated heterocycles. The minimum atomic E-state index is -1.05. The van der Waals surface area contributed by atoms with Gasteiger partial charge in [0.1, 0.15) is 0 Å². The smallest absolute Gasteiger partial charge is 0.334 e. The molecule has 1 aliphatic carbocycles. The maximum atomic E-state index is 12.1. The molecule has 1 unspecified atom stereocenters. The van der Waals surface area contributed by atoms with Crippen LogP contribution in [-0.4, -0.2) is 11.1 Å². The summed E-state index contributed by atoms with van der Waals surface area (Å²) in [6.45, 7) is 0. The summed E-state index contributed by atoms with van der Waals surface area (Å²) in [5.41, 5.74) is 1.76. The number of hydrogen-bond acceptors (Lipinski definition) is 2. The van der Waals surface area contributed by atoms with Crippen LogP contribution in [0, 0.1) is 0 Å². The third-order valence-electron chi connectivity index (χ3n) is 4.02. The van der Waals surface area contributed by atoms with Crippen molar-refractivity contribution in [3.05, 3.63) is 64.1 Å². The van der Waals surface area contributed by atoms with Crippen LogP contribution in [0.4, 0.5) is 5.69 Å². The number of aliphatic carboxylic acids is 1. The molecule has 0 amide bonds. The van der Waals surface area contributed by atoms with Crippen molar-refractivity contribution in [1.29, 1.82) is 0 Å². The van der Waals surface area contributed by atoms with E-state index in [9.17, 15) is 9.90 Å². The summed E-state index contributed by atoms with van der Waals surface area (Å²) < 4.78 is 0.928. The second-order valence-corrected chi connectivity index (χ2v) is 6.27. The van der Waals surface area contributed by atoms with Gasteiger partial charge < -0.3 is 10.4 Å². The Morgan fingerprint density at radius 1 is 1.19 bits per heavy atom. The molecule has 0 radical (unpaired) electrons. The first-order chi connectivity index (χ1) is 10.1. The van der Waals surface area contributed by atoms with Crippen LogP contribution >= 0.6 is 15.9 Å². The van der Waals surface area contributed by atoms with E-state index in [1.54, 1.807) is 0 Å². The third kappa shape index (κ3) is 2.56. The lowest BCUT2D eigenvalue weighted by atomic mass is 9.76. The fourth-order valence-corrected chi connectivity index (χ4v) is 3.45. The first kappa shape index (κ1) is 14.1. The molecule has 0 bridgehead atoms. The molecule has 0 aromatic heterocycles. The Morgan fingerprint density at radius 3 is 2.76 bits per heavy atom. The molecule has 2 N–H and O–H groups in total. The number of anilines is 1. The summed E-state index contributed by atoms with van der Waals surface area (Å²) in [6, 6.07) is 15.4. The number of fused-ring (bicyclic) bond motifs is 1. The molecular weight excluding hydrogens is 330 g/mol. The van der Waals surface area contributed by atoms with E-state index in [-0.39, 0.29) is 0 Å². The lowest BCUT2D eigenvalue weighted by Gasteiger charge is -2.37. The third-order valence-corrected chi connectivity index (χ3v) is 4.52. The van der Waals surface area contributed by atoms with Crippen molar-refractivity contribution in [2.75, 3.05) is 5.32 Å². The Hall–Kier alpha value is -1.81. The Bertz CT molecular complexity index is 686. The molecule has 108 valence electrons. The molecule has 1 aliphatic rings. The van der Waals surface area contributed by atoms with E-state index in [4.69, 9.17) is 0 Å². The molecule has 3 nitrogen and oxygen atoms in total. The zero-order valence-electron chi connectivity index (χ0n) is 11.5. The van der Waals surface area contributed by atoms with Crippen molar-refractivity contribution in [1.82, 2.24) is 0 Å². The average Bonchev–Trinajstić information content (AvgIpc) is 2.47. The van der Waals surface area contributed by atoms with Crippen LogP contribution < -0.4 is 5.32 Å². The van der Waals surface area contributed by atoms with Crippen LogP contribution in [0.2, 0.25) is 0 Å². The predicted molar refractivity (Wildman–Crippen MR) is 86.5 cm³/mol. The van der Waals surface area contributed by atoms with Gasteiger partial charge in [0.15, 0.2) is 5.54 Å². The highest BCUT2D eigenvalue weighted by Crippen LogP contribution is 2.38. The fourth-order valence-electron chi connectivity index (χ4n) is 3.05. The lowest BCUT2D eigenvalue weighted by molar-refractivity contribution is -0.143. The van der Waals surface area contributed by atoms with Gasteiger partial charge in [0, 0.05) is 10.2 Å². The fraction of sp³-hybridized carbons (Fsp3) is 0.235. The number of aryl methyl sites for hydroxylation is 1. The topological polar surface area (TPSA) is 49.3 Å². The van der Waals surface area contributed by atoms with Crippen molar-refractivity contribution in [2.45, 2.75) is 24.8 Å². The number of benzene rings is 2. The average molecular weight is 346 g/mol. The summed E-state index contributed by atoms with van der Waals surface area (Å²) in [5.74, 6) is -0.824. The van der Waals surface area contributed by atoms with Crippen LogP contribution in [-0.2, 0) is 16.8 Å². The van der Waals surface area contributed by atoms with Crippen molar-refractivity contribution in [3.8, 4) is 0 Å². The molecule has 0 heterocycles. The second-order valence-electron chi connectivity index (χ2n) is 5.36. The van der Waals surface area contributed by atoms with Crippen LogP contribution in [0.5, 0.6) is 0 Å². The van der Waals surface area contributed by atoms with E-state index < -0.39 is 11.5 Å². The normalized spacial score (nSPS) is 20.6. The van der Waals surface area contributed by atoms with Crippen molar-refractivity contribution in [2.24, 2.45) is 0 Å². The Morgan fingerprint density at radius 2 is 2.00 bits per heavy atom. The van der Waals surface area contributed by atoms with Gasteiger partial charge in [-0.3, -0.25) is 0 Å². The van der Waals surface area contributed by atoms with Gasteiger partial charge in [-0.1, -0.05) is 46.3 Å². The Kier molecular flexibility index (Phi) is 3.72. The van der Waals surface area contributed by atoms with E-state index >= 15 is 0 Å². The van der Waals surface area contributed by atoms with E-state index in [0.29, 0.717) is 6.42 Å². The lowest BCUT2D eigenvalue weighted by Crippen LogP contribution is -2.46. The highest BCUT2D eigenvalue weighted by atomic mass is 79.9. The van der Waals surface area contributed by atoms with E-state index in [2.05, 4.69) is 21.2 Å². The van der Waals surface area contributed by atoms with Gasteiger partial charge in [-0.15, -0.1) is 0 Å². The van der Waals surface area contributed by atoms with Crippen molar-refractivity contribution >= 4 is 27.6 Å². The maximum absolute atomic E-state index is 12.1. The number of carboxylic acids is 1. The highest BCUT2D eigenvalue weighted by Gasteiger charge is 2.43. The zero-order valence-corrected chi connectivity index (χ0v) is 13.1. The molecule has 21 heavy (non-hydrogen) atoms. The first-order valence-electron chi connectivity index (χ1n) is 6.97. The molecule has 0 fully saturated rings. The molecule has 3 rings (SSSR count). The van der Waals surface area contributed by atoms with E-state index in [1.807, 2.05) is 48.5 Å². The van der Waals surface area contributed by atoms with E-state index in [1.165, 1.54) is 0 Å². The monoisotopic (exact) mass is 345 g/mol. The summed E-state index contributed by atoms with van der Waals surface area (Å²) in [7, 11) is 0. The van der Waals surface area contributed by atoms with Crippen LogP contribution in [0.3, 0.4) is 0 Å². The number of hydrogen-bond donors (Lipinski definition) is 2. The van der Waals surface area contributed by atoms with Gasteiger partial charge in [-0.2, -0.15) is 0 Å². The quantitative estimate of drug-likeness (QED) is 0.877. The van der Waals surface area contributed by atoms with Gasteiger partial charge >= 0.3 is 5.97 Å². The Balaban J connectivity index is 2.08.